The minimum absolute atomic E-state index is 0.149. The maximum absolute atomic E-state index is 5.58. The number of terminal acetylenes is 1. The summed E-state index contributed by atoms with van der Waals surface area (Å²) in [6, 6.07) is 14.8. The van der Waals surface area contributed by atoms with E-state index in [9.17, 15) is 0 Å². The van der Waals surface area contributed by atoms with E-state index in [-0.39, 0.29) is 6.04 Å². The van der Waals surface area contributed by atoms with Crippen LogP contribution in [0.15, 0.2) is 42.5 Å². The second-order valence-electron chi connectivity index (χ2n) is 5.64. The Morgan fingerprint density at radius 2 is 1.83 bits per heavy atom. The largest absolute Gasteiger partial charge is 0.493 e. The van der Waals surface area contributed by atoms with E-state index in [1.54, 1.807) is 14.2 Å². The van der Waals surface area contributed by atoms with Crippen molar-refractivity contribution in [3.8, 4) is 23.8 Å². The first-order valence-electron chi connectivity index (χ1n) is 7.75. The number of hydrogen-bond acceptors (Lipinski definition) is 3. The van der Waals surface area contributed by atoms with Crippen LogP contribution in [0.4, 0.5) is 0 Å². The average Bonchev–Trinajstić information content (AvgIpc) is 2.61. The molecule has 0 aromatic heterocycles. The Morgan fingerprint density at radius 3 is 2.48 bits per heavy atom. The summed E-state index contributed by atoms with van der Waals surface area (Å²) in [5.41, 5.74) is 3.79. The normalized spacial score (nSPS) is 17.2. The number of fused-ring (bicyclic) bond motifs is 1. The average molecular weight is 307 g/mol. The van der Waals surface area contributed by atoms with Crippen LogP contribution in [0.2, 0.25) is 0 Å². The lowest BCUT2D eigenvalue weighted by Gasteiger charge is -2.37. The zero-order valence-corrected chi connectivity index (χ0v) is 13.6. The van der Waals surface area contributed by atoms with Crippen molar-refractivity contribution in [1.29, 1.82) is 0 Å². The summed E-state index contributed by atoms with van der Waals surface area (Å²) >= 11 is 0. The summed E-state index contributed by atoms with van der Waals surface area (Å²) in [5, 5.41) is 0. The molecule has 3 nitrogen and oxygen atoms in total. The lowest BCUT2D eigenvalue weighted by Crippen LogP contribution is -2.36. The van der Waals surface area contributed by atoms with Gasteiger partial charge in [0.25, 0.3) is 0 Å². The second kappa shape index (κ2) is 6.76. The van der Waals surface area contributed by atoms with Gasteiger partial charge in [0.1, 0.15) is 0 Å². The summed E-state index contributed by atoms with van der Waals surface area (Å²) in [7, 11) is 3.34. The predicted molar refractivity (Wildman–Crippen MR) is 91.9 cm³/mol. The molecule has 0 fully saturated rings. The molecule has 0 spiro atoms. The number of hydrogen-bond donors (Lipinski definition) is 0. The summed E-state index contributed by atoms with van der Waals surface area (Å²) in [6.45, 7) is 1.57. The molecule has 0 radical (unpaired) electrons. The molecule has 0 N–H and O–H groups in total. The van der Waals surface area contributed by atoms with Gasteiger partial charge in [-0.15, -0.1) is 6.42 Å². The van der Waals surface area contributed by atoms with Crippen LogP contribution in [0.25, 0.3) is 0 Å². The maximum Gasteiger partial charge on any atom is 0.161 e. The summed E-state index contributed by atoms with van der Waals surface area (Å²) in [6.07, 6.45) is 6.54. The van der Waals surface area contributed by atoms with Crippen molar-refractivity contribution in [2.24, 2.45) is 0 Å². The quantitative estimate of drug-likeness (QED) is 0.809. The molecule has 1 aliphatic rings. The highest BCUT2D eigenvalue weighted by atomic mass is 16.5. The van der Waals surface area contributed by atoms with Gasteiger partial charge in [-0.3, -0.25) is 4.90 Å². The molecule has 1 heterocycles. The van der Waals surface area contributed by atoms with E-state index >= 15 is 0 Å². The Labute approximate surface area is 137 Å². The molecule has 1 unspecified atom stereocenters. The van der Waals surface area contributed by atoms with E-state index in [1.165, 1.54) is 16.7 Å². The van der Waals surface area contributed by atoms with Gasteiger partial charge in [-0.05, 0) is 35.2 Å². The molecule has 3 rings (SSSR count). The molecule has 3 heteroatoms. The Balaban J connectivity index is 2.13. The molecule has 1 atom stereocenters. The number of rotatable bonds is 4. The molecule has 118 valence electrons. The van der Waals surface area contributed by atoms with Gasteiger partial charge >= 0.3 is 0 Å². The highest BCUT2D eigenvalue weighted by molar-refractivity contribution is 5.51. The zero-order chi connectivity index (χ0) is 16.2. The molecular weight excluding hydrogens is 286 g/mol. The second-order valence-corrected chi connectivity index (χ2v) is 5.64. The van der Waals surface area contributed by atoms with Gasteiger partial charge in [0.05, 0.1) is 26.8 Å². The van der Waals surface area contributed by atoms with Crippen molar-refractivity contribution in [2.45, 2.75) is 12.5 Å². The van der Waals surface area contributed by atoms with Crippen molar-refractivity contribution in [2.75, 3.05) is 27.3 Å². The highest BCUT2D eigenvalue weighted by Crippen LogP contribution is 2.40. The van der Waals surface area contributed by atoms with Crippen molar-refractivity contribution in [3.05, 3.63) is 59.2 Å². The van der Waals surface area contributed by atoms with Gasteiger partial charge in [-0.2, -0.15) is 0 Å². The van der Waals surface area contributed by atoms with Crippen LogP contribution >= 0.6 is 0 Å². The van der Waals surface area contributed by atoms with Crippen molar-refractivity contribution < 1.29 is 9.47 Å². The molecule has 0 bridgehead atoms. The van der Waals surface area contributed by atoms with Crippen LogP contribution in [-0.2, 0) is 6.42 Å². The minimum atomic E-state index is 0.149. The van der Waals surface area contributed by atoms with Gasteiger partial charge in [0.2, 0.25) is 0 Å². The van der Waals surface area contributed by atoms with Crippen molar-refractivity contribution in [1.82, 2.24) is 4.90 Å². The molecule has 2 aromatic carbocycles. The first-order chi connectivity index (χ1) is 11.3. The lowest BCUT2D eigenvalue weighted by molar-refractivity contribution is 0.239. The first-order valence-corrected chi connectivity index (χ1v) is 7.75. The van der Waals surface area contributed by atoms with Crippen LogP contribution in [0.5, 0.6) is 11.5 Å². The molecule has 0 amide bonds. The standard InChI is InChI=1S/C20H21NO2/c1-4-11-21-12-10-16-13-18(22-2)19(23-3)14-17(16)20(21)15-8-6-5-7-9-15/h1,5-9,13-14,20H,10-12H2,2-3H3. The van der Waals surface area contributed by atoms with Crippen LogP contribution in [0, 0.1) is 12.3 Å². The molecule has 0 saturated carbocycles. The predicted octanol–water partition coefficient (Wildman–Crippen LogP) is 3.28. The third kappa shape index (κ3) is 2.91. The topological polar surface area (TPSA) is 21.7 Å². The SMILES string of the molecule is C#CCN1CCc2cc(OC)c(OC)cc2C1c1ccccc1. The molecule has 1 aliphatic heterocycles. The van der Waals surface area contributed by atoms with Crippen LogP contribution in [0.3, 0.4) is 0 Å². The lowest BCUT2D eigenvalue weighted by atomic mass is 9.87. The number of methoxy groups -OCH3 is 2. The third-order valence-corrected chi connectivity index (χ3v) is 4.38. The van der Waals surface area contributed by atoms with Gasteiger partial charge in [0.15, 0.2) is 11.5 Å². The maximum atomic E-state index is 5.58. The van der Waals surface area contributed by atoms with Gasteiger partial charge < -0.3 is 9.47 Å². The van der Waals surface area contributed by atoms with Crippen molar-refractivity contribution >= 4 is 0 Å². The first kappa shape index (κ1) is 15.5. The summed E-state index contributed by atoms with van der Waals surface area (Å²) < 4.78 is 10.9. The molecule has 0 aliphatic carbocycles. The van der Waals surface area contributed by atoms with Gasteiger partial charge in [-0.25, -0.2) is 0 Å². The third-order valence-electron chi connectivity index (χ3n) is 4.38. The highest BCUT2D eigenvalue weighted by Gasteiger charge is 2.29. The minimum Gasteiger partial charge on any atom is -0.493 e. The monoisotopic (exact) mass is 307 g/mol. The van der Waals surface area contributed by atoms with E-state index in [4.69, 9.17) is 15.9 Å². The molecular formula is C20H21NO2. The summed E-state index contributed by atoms with van der Waals surface area (Å²) in [5.74, 6) is 4.33. The van der Waals surface area contributed by atoms with Crippen molar-refractivity contribution in [3.63, 3.8) is 0 Å². The Morgan fingerprint density at radius 1 is 1.13 bits per heavy atom. The fraction of sp³-hybridized carbons (Fsp3) is 0.300. The molecule has 0 saturated heterocycles. The van der Waals surface area contributed by atoms with E-state index in [0.717, 1.165) is 24.5 Å². The van der Waals surface area contributed by atoms with Crippen LogP contribution in [-0.4, -0.2) is 32.2 Å². The molecule has 2 aromatic rings. The Hall–Kier alpha value is -2.44. The van der Waals surface area contributed by atoms with Gasteiger partial charge in [-0.1, -0.05) is 36.3 Å². The van der Waals surface area contributed by atoms with E-state index in [0.29, 0.717) is 6.54 Å². The van der Waals surface area contributed by atoms with E-state index < -0.39 is 0 Å². The fourth-order valence-corrected chi connectivity index (χ4v) is 3.31. The van der Waals surface area contributed by atoms with E-state index in [1.807, 2.05) is 6.07 Å². The van der Waals surface area contributed by atoms with E-state index in [2.05, 4.69) is 47.2 Å². The zero-order valence-electron chi connectivity index (χ0n) is 13.6. The van der Waals surface area contributed by atoms with Crippen LogP contribution < -0.4 is 9.47 Å². The summed E-state index contributed by atoms with van der Waals surface area (Å²) in [4.78, 5) is 2.34. The van der Waals surface area contributed by atoms with Crippen LogP contribution in [0.1, 0.15) is 22.7 Å². The number of nitrogens with zero attached hydrogens (tertiary/aromatic N) is 1. The number of benzene rings is 2. The van der Waals surface area contributed by atoms with Gasteiger partial charge in [0, 0.05) is 6.54 Å². The Kier molecular flexibility index (Phi) is 4.55. The Bertz CT molecular complexity index is 718. The molecule has 23 heavy (non-hydrogen) atoms. The smallest absolute Gasteiger partial charge is 0.161 e. The number of ether oxygens (including phenoxy) is 2. The fourth-order valence-electron chi connectivity index (χ4n) is 3.31.